The zero-order valence-electron chi connectivity index (χ0n) is 11.3. The Morgan fingerprint density at radius 2 is 1.95 bits per heavy atom. The maximum atomic E-state index is 5.09. The fourth-order valence-electron chi connectivity index (χ4n) is 1.54. The lowest BCUT2D eigenvalue weighted by molar-refractivity contribution is 1.02. The summed E-state index contributed by atoms with van der Waals surface area (Å²) < 4.78 is 0. The van der Waals surface area contributed by atoms with Gasteiger partial charge in [-0.15, -0.1) is 0 Å². The van der Waals surface area contributed by atoms with Crippen molar-refractivity contribution in [1.29, 1.82) is 0 Å². The van der Waals surface area contributed by atoms with Crippen molar-refractivity contribution in [2.45, 2.75) is 32.7 Å². The predicted octanol–water partition coefficient (Wildman–Crippen LogP) is 1.12. The van der Waals surface area contributed by atoms with Crippen molar-refractivity contribution >= 4 is 29.2 Å². The molecule has 3 N–H and O–H groups in total. The molecule has 0 saturated heterocycles. The highest BCUT2D eigenvalue weighted by atomic mass is 32.1. The summed E-state index contributed by atoms with van der Waals surface area (Å²) in [5, 5.41) is 9.46. The van der Waals surface area contributed by atoms with Gasteiger partial charge >= 0.3 is 0 Å². The Bertz CT molecular complexity index is 489. The van der Waals surface area contributed by atoms with E-state index in [1.807, 2.05) is 19.9 Å². The summed E-state index contributed by atoms with van der Waals surface area (Å²) in [6.07, 6.45) is 2.24. The van der Waals surface area contributed by atoms with Gasteiger partial charge in [0.05, 0.1) is 6.04 Å². The first kappa shape index (κ1) is 13.7. The average Bonchev–Trinajstić information content (AvgIpc) is 3.11. The van der Waals surface area contributed by atoms with Crippen LogP contribution in [0, 0.1) is 13.8 Å². The molecule has 0 bridgehead atoms. The van der Waals surface area contributed by atoms with E-state index < -0.39 is 0 Å². The van der Waals surface area contributed by atoms with Gasteiger partial charge in [-0.3, -0.25) is 5.32 Å². The summed E-state index contributed by atoms with van der Waals surface area (Å²) >= 11 is 5.09. The first-order valence-electron chi connectivity index (χ1n) is 6.22. The molecule has 7 heteroatoms. The molecule has 1 fully saturated rings. The minimum Gasteiger partial charge on any atom is -0.365 e. The Morgan fingerprint density at radius 3 is 2.47 bits per heavy atom. The van der Waals surface area contributed by atoms with Gasteiger partial charge in [-0.25, -0.2) is 15.0 Å². The molecule has 0 amide bonds. The molecular formula is C12H18N6S. The maximum absolute atomic E-state index is 5.09. The number of guanidine groups is 1. The number of aryl methyl sites for hydroxylation is 2. The van der Waals surface area contributed by atoms with E-state index in [0.717, 1.165) is 24.2 Å². The first-order valence-corrected chi connectivity index (χ1v) is 6.63. The predicted molar refractivity (Wildman–Crippen MR) is 80.4 cm³/mol. The van der Waals surface area contributed by atoms with Crippen LogP contribution in [-0.2, 0) is 0 Å². The molecule has 0 spiro atoms. The van der Waals surface area contributed by atoms with Gasteiger partial charge in [0.2, 0.25) is 11.9 Å². The van der Waals surface area contributed by atoms with Crippen LogP contribution in [0.5, 0.6) is 0 Å². The van der Waals surface area contributed by atoms with Gasteiger partial charge in [-0.1, -0.05) is 0 Å². The lowest BCUT2D eigenvalue weighted by atomic mass is 10.4. The van der Waals surface area contributed by atoms with Gasteiger partial charge in [0, 0.05) is 18.4 Å². The summed E-state index contributed by atoms with van der Waals surface area (Å²) in [4.78, 5) is 13.2. The standard InChI is InChI=1S/C12H18N6S/c1-7-6-8(2)15-10(14-7)17-11(16-9-4-5-9)18-12(19)13-3/h6,9H,4-5H2,1-3H3,(H3,13,14,15,16,17,18,19). The number of rotatable bonds is 2. The van der Waals surface area contributed by atoms with E-state index in [1.54, 1.807) is 7.05 Å². The van der Waals surface area contributed by atoms with Crippen LogP contribution in [0.15, 0.2) is 11.1 Å². The lowest BCUT2D eigenvalue weighted by Crippen LogP contribution is -2.41. The molecule has 0 aromatic carbocycles. The number of anilines is 1. The van der Waals surface area contributed by atoms with Crippen LogP contribution in [0.1, 0.15) is 24.2 Å². The van der Waals surface area contributed by atoms with Crippen LogP contribution in [-0.4, -0.2) is 34.1 Å². The number of nitrogens with one attached hydrogen (secondary N) is 3. The number of hydrogen-bond acceptors (Lipinski definition) is 4. The van der Waals surface area contributed by atoms with E-state index in [0.29, 0.717) is 23.1 Å². The Labute approximate surface area is 118 Å². The normalized spacial score (nSPS) is 15.0. The van der Waals surface area contributed by atoms with Crippen LogP contribution in [0.2, 0.25) is 0 Å². The highest BCUT2D eigenvalue weighted by Crippen LogP contribution is 2.23. The molecule has 2 rings (SSSR count). The Morgan fingerprint density at radius 1 is 1.32 bits per heavy atom. The SMILES string of the molecule is CNC(=S)NC(=NC1CC1)Nc1nc(C)cc(C)n1. The summed E-state index contributed by atoms with van der Waals surface area (Å²) in [5.74, 6) is 1.12. The lowest BCUT2D eigenvalue weighted by Gasteiger charge is -2.12. The van der Waals surface area contributed by atoms with E-state index in [4.69, 9.17) is 12.2 Å². The van der Waals surface area contributed by atoms with Crippen LogP contribution < -0.4 is 16.0 Å². The molecule has 19 heavy (non-hydrogen) atoms. The number of thiocarbonyl (C=S) groups is 1. The fourth-order valence-corrected chi connectivity index (χ4v) is 1.64. The third-order valence-electron chi connectivity index (χ3n) is 2.53. The summed E-state index contributed by atoms with van der Waals surface area (Å²) in [6, 6.07) is 2.30. The van der Waals surface area contributed by atoms with E-state index >= 15 is 0 Å². The third kappa shape index (κ3) is 4.44. The summed E-state index contributed by atoms with van der Waals surface area (Å²) in [5.41, 5.74) is 1.83. The molecule has 1 aliphatic rings. The van der Waals surface area contributed by atoms with Gasteiger partial charge in [0.15, 0.2) is 5.11 Å². The minimum absolute atomic E-state index is 0.376. The third-order valence-corrected chi connectivity index (χ3v) is 2.84. The second-order valence-corrected chi connectivity index (χ2v) is 4.92. The van der Waals surface area contributed by atoms with Gasteiger partial charge in [0.1, 0.15) is 0 Å². The Balaban J connectivity index is 2.12. The van der Waals surface area contributed by atoms with Gasteiger partial charge in [-0.05, 0) is 45.0 Å². The molecule has 0 atom stereocenters. The molecule has 1 aromatic heterocycles. The highest BCUT2D eigenvalue weighted by molar-refractivity contribution is 7.80. The van der Waals surface area contributed by atoms with Crippen LogP contribution in [0.3, 0.4) is 0 Å². The maximum Gasteiger partial charge on any atom is 0.229 e. The monoisotopic (exact) mass is 278 g/mol. The first-order chi connectivity index (χ1) is 9.06. The zero-order valence-corrected chi connectivity index (χ0v) is 12.1. The molecule has 0 unspecified atom stereocenters. The van der Waals surface area contributed by atoms with E-state index in [1.165, 1.54) is 0 Å². The molecule has 1 heterocycles. The quantitative estimate of drug-likeness (QED) is 0.428. The van der Waals surface area contributed by atoms with Crippen molar-refractivity contribution in [3.05, 3.63) is 17.5 Å². The molecule has 1 saturated carbocycles. The van der Waals surface area contributed by atoms with Crippen LogP contribution in [0.25, 0.3) is 0 Å². The van der Waals surface area contributed by atoms with E-state index in [2.05, 4.69) is 30.9 Å². The minimum atomic E-state index is 0.376. The second kappa shape index (κ2) is 5.92. The van der Waals surface area contributed by atoms with Crippen molar-refractivity contribution in [2.24, 2.45) is 4.99 Å². The summed E-state index contributed by atoms with van der Waals surface area (Å²) in [6.45, 7) is 3.87. The van der Waals surface area contributed by atoms with Crippen molar-refractivity contribution < 1.29 is 0 Å². The van der Waals surface area contributed by atoms with Crippen LogP contribution in [0.4, 0.5) is 5.95 Å². The molecule has 0 aliphatic heterocycles. The highest BCUT2D eigenvalue weighted by Gasteiger charge is 2.21. The molecular weight excluding hydrogens is 260 g/mol. The number of nitrogens with zero attached hydrogens (tertiary/aromatic N) is 3. The van der Waals surface area contributed by atoms with Gasteiger partial charge in [0.25, 0.3) is 0 Å². The Kier molecular flexibility index (Phi) is 4.26. The number of aliphatic imine (C=N–C) groups is 1. The Hall–Kier alpha value is -1.76. The molecule has 6 nitrogen and oxygen atoms in total. The molecule has 0 radical (unpaired) electrons. The van der Waals surface area contributed by atoms with Crippen molar-refractivity contribution in [3.63, 3.8) is 0 Å². The van der Waals surface area contributed by atoms with Gasteiger partial charge < -0.3 is 10.6 Å². The van der Waals surface area contributed by atoms with Crippen molar-refractivity contribution in [2.75, 3.05) is 12.4 Å². The largest absolute Gasteiger partial charge is 0.365 e. The van der Waals surface area contributed by atoms with Crippen molar-refractivity contribution in [1.82, 2.24) is 20.6 Å². The van der Waals surface area contributed by atoms with E-state index in [9.17, 15) is 0 Å². The topological polar surface area (TPSA) is 74.2 Å². The number of aromatic nitrogens is 2. The average molecular weight is 278 g/mol. The smallest absolute Gasteiger partial charge is 0.229 e. The van der Waals surface area contributed by atoms with E-state index in [-0.39, 0.29) is 0 Å². The molecule has 1 aliphatic carbocycles. The number of hydrogen-bond donors (Lipinski definition) is 3. The fraction of sp³-hybridized carbons (Fsp3) is 0.500. The van der Waals surface area contributed by atoms with Crippen LogP contribution >= 0.6 is 12.2 Å². The molecule has 1 aromatic rings. The zero-order chi connectivity index (χ0) is 13.8. The molecule has 102 valence electrons. The van der Waals surface area contributed by atoms with Gasteiger partial charge in [-0.2, -0.15) is 0 Å². The second-order valence-electron chi connectivity index (χ2n) is 4.51. The van der Waals surface area contributed by atoms with Crippen molar-refractivity contribution in [3.8, 4) is 0 Å². The summed E-state index contributed by atoms with van der Waals surface area (Å²) in [7, 11) is 1.76.